The standard InChI is InChI=1S/C17H27N3.HI/c1-13(2)10-11-19-17(18)20-12-15-8-5-7-14-6-3-4-9-16(14)15;/h3-4,6,9,13,15H,5,7-8,10-12H2,1-2H3,(H3,18,19,20);1H. The van der Waals surface area contributed by atoms with Crippen LogP contribution in [-0.4, -0.2) is 19.0 Å². The van der Waals surface area contributed by atoms with E-state index < -0.39 is 0 Å². The molecule has 0 heterocycles. The molecule has 0 bridgehead atoms. The first-order valence-electron chi connectivity index (χ1n) is 7.78. The highest BCUT2D eigenvalue weighted by Gasteiger charge is 2.19. The summed E-state index contributed by atoms with van der Waals surface area (Å²) in [5, 5.41) is 3.21. The van der Waals surface area contributed by atoms with E-state index in [1.54, 1.807) is 0 Å². The summed E-state index contributed by atoms with van der Waals surface area (Å²) in [6, 6.07) is 8.75. The van der Waals surface area contributed by atoms with E-state index in [2.05, 4.69) is 48.4 Å². The maximum absolute atomic E-state index is 5.94. The second-order valence-corrected chi connectivity index (χ2v) is 6.12. The van der Waals surface area contributed by atoms with E-state index in [4.69, 9.17) is 5.73 Å². The van der Waals surface area contributed by atoms with Crippen LogP contribution >= 0.6 is 24.0 Å². The van der Waals surface area contributed by atoms with E-state index in [1.165, 1.54) is 30.4 Å². The fourth-order valence-electron chi connectivity index (χ4n) is 2.80. The largest absolute Gasteiger partial charge is 0.370 e. The second kappa shape index (κ2) is 9.28. The molecule has 1 aromatic rings. The number of aliphatic imine (C=N–C) groups is 1. The number of nitrogens with two attached hydrogens (primary N) is 1. The summed E-state index contributed by atoms with van der Waals surface area (Å²) < 4.78 is 0. The number of aryl methyl sites for hydroxylation is 1. The normalized spacial score (nSPS) is 18.0. The van der Waals surface area contributed by atoms with Crippen molar-refractivity contribution in [2.24, 2.45) is 16.6 Å². The lowest BCUT2D eigenvalue weighted by Crippen LogP contribution is -2.33. The Kier molecular flexibility index (Phi) is 8.07. The number of fused-ring (bicyclic) bond motifs is 1. The molecule has 0 amide bonds. The maximum atomic E-state index is 5.94. The predicted molar refractivity (Wildman–Crippen MR) is 101 cm³/mol. The zero-order chi connectivity index (χ0) is 14.4. The molecule has 118 valence electrons. The SMILES string of the molecule is CC(C)CCNC(N)=NCC1CCCc2ccccc21.I. The van der Waals surface area contributed by atoms with Gasteiger partial charge in [0.25, 0.3) is 0 Å². The summed E-state index contributed by atoms with van der Waals surface area (Å²) in [5.74, 6) is 1.82. The van der Waals surface area contributed by atoms with E-state index in [9.17, 15) is 0 Å². The monoisotopic (exact) mass is 401 g/mol. The topological polar surface area (TPSA) is 50.4 Å². The van der Waals surface area contributed by atoms with Gasteiger partial charge in [-0.25, -0.2) is 0 Å². The van der Waals surface area contributed by atoms with Gasteiger partial charge in [0.15, 0.2) is 5.96 Å². The van der Waals surface area contributed by atoms with Gasteiger partial charge in [0.05, 0.1) is 0 Å². The van der Waals surface area contributed by atoms with Crippen LogP contribution in [0.25, 0.3) is 0 Å². The first-order chi connectivity index (χ1) is 9.66. The number of guanidine groups is 1. The Morgan fingerprint density at radius 1 is 1.38 bits per heavy atom. The maximum Gasteiger partial charge on any atom is 0.188 e. The van der Waals surface area contributed by atoms with Crippen molar-refractivity contribution in [3.63, 3.8) is 0 Å². The summed E-state index contributed by atoms with van der Waals surface area (Å²) in [6.45, 7) is 6.15. The Morgan fingerprint density at radius 2 is 2.14 bits per heavy atom. The van der Waals surface area contributed by atoms with E-state index in [-0.39, 0.29) is 24.0 Å². The zero-order valence-electron chi connectivity index (χ0n) is 13.1. The van der Waals surface area contributed by atoms with Crippen molar-refractivity contribution in [2.45, 2.75) is 45.4 Å². The van der Waals surface area contributed by atoms with Crippen LogP contribution in [0.4, 0.5) is 0 Å². The Morgan fingerprint density at radius 3 is 2.90 bits per heavy atom. The van der Waals surface area contributed by atoms with Crippen molar-refractivity contribution in [3.05, 3.63) is 35.4 Å². The lowest BCUT2D eigenvalue weighted by molar-refractivity contribution is 0.557. The van der Waals surface area contributed by atoms with Gasteiger partial charge in [0.1, 0.15) is 0 Å². The van der Waals surface area contributed by atoms with Crippen molar-refractivity contribution in [2.75, 3.05) is 13.1 Å². The average Bonchev–Trinajstić information content (AvgIpc) is 2.44. The van der Waals surface area contributed by atoms with Gasteiger partial charge < -0.3 is 11.1 Å². The quantitative estimate of drug-likeness (QED) is 0.449. The van der Waals surface area contributed by atoms with Gasteiger partial charge in [-0.1, -0.05) is 38.1 Å². The minimum atomic E-state index is 0. The molecule has 0 aromatic heterocycles. The molecule has 3 nitrogen and oxygen atoms in total. The van der Waals surface area contributed by atoms with Crippen molar-refractivity contribution >= 4 is 29.9 Å². The van der Waals surface area contributed by atoms with Crippen LogP contribution in [-0.2, 0) is 6.42 Å². The molecule has 0 radical (unpaired) electrons. The second-order valence-electron chi connectivity index (χ2n) is 6.12. The van der Waals surface area contributed by atoms with Gasteiger partial charge in [-0.2, -0.15) is 0 Å². The van der Waals surface area contributed by atoms with Gasteiger partial charge in [-0.15, -0.1) is 24.0 Å². The van der Waals surface area contributed by atoms with E-state index >= 15 is 0 Å². The van der Waals surface area contributed by atoms with Crippen LogP contribution < -0.4 is 11.1 Å². The van der Waals surface area contributed by atoms with Gasteiger partial charge in [0.2, 0.25) is 0 Å². The highest BCUT2D eigenvalue weighted by Crippen LogP contribution is 2.31. The fraction of sp³-hybridized carbons (Fsp3) is 0.588. The van der Waals surface area contributed by atoms with Crippen LogP contribution in [0.3, 0.4) is 0 Å². The molecular weight excluding hydrogens is 373 g/mol. The van der Waals surface area contributed by atoms with Crippen LogP contribution in [0.2, 0.25) is 0 Å². The number of hydrogen-bond acceptors (Lipinski definition) is 1. The molecule has 3 N–H and O–H groups in total. The molecule has 1 aliphatic carbocycles. The van der Waals surface area contributed by atoms with Crippen LogP contribution in [0.15, 0.2) is 29.3 Å². The van der Waals surface area contributed by atoms with Gasteiger partial charge in [-0.3, -0.25) is 4.99 Å². The fourth-order valence-corrected chi connectivity index (χ4v) is 2.80. The zero-order valence-corrected chi connectivity index (χ0v) is 15.5. The Labute approximate surface area is 145 Å². The Balaban J connectivity index is 0.00000220. The van der Waals surface area contributed by atoms with Crippen molar-refractivity contribution in [3.8, 4) is 0 Å². The predicted octanol–water partition coefficient (Wildman–Crippen LogP) is 3.67. The smallest absolute Gasteiger partial charge is 0.188 e. The third-order valence-electron chi connectivity index (χ3n) is 4.00. The Hall–Kier alpha value is -0.780. The lowest BCUT2D eigenvalue weighted by Gasteiger charge is -2.24. The number of halogens is 1. The molecule has 0 aliphatic heterocycles. The summed E-state index contributed by atoms with van der Waals surface area (Å²) >= 11 is 0. The van der Waals surface area contributed by atoms with E-state index in [0.29, 0.717) is 17.8 Å². The molecule has 0 saturated carbocycles. The van der Waals surface area contributed by atoms with E-state index in [1.807, 2.05) is 0 Å². The van der Waals surface area contributed by atoms with Crippen molar-refractivity contribution in [1.82, 2.24) is 5.32 Å². The molecule has 1 aliphatic rings. The molecular formula is C17H28IN3. The minimum absolute atomic E-state index is 0. The number of nitrogens with one attached hydrogen (secondary N) is 1. The highest BCUT2D eigenvalue weighted by atomic mass is 127. The molecule has 0 spiro atoms. The molecule has 4 heteroatoms. The van der Waals surface area contributed by atoms with Crippen LogP contribution in [0.1, 0.15) is 50.2 Å². The molecule has 21 heavy (non-hydrogen) atoms. The first-order valence-corrected chi connectivity index (χ1v) is 7.78. The first kappa shape index (κ1) is 18.3. The number of benzene rings is 1. The van der Waals surface area contributed by atoms with Crippen LogP contribution in [0, 0.1) is 5.92 Å². The molecule has 1 unspecified atom stereocenters. The lowest BCUT2D eigenvalue weighted by atomic mass is 9.83. The third-order valence-corrected chi connectivity index (χ3v) is 4.00. The van der Waals surface area contributed by atoms with Crippen LogP contribution in [0.5, 0.6) is 0 Å². The highest BCUT2D eigenvalue weighted by molar-refractivity contribution is 14.0. The number of hydrogen-bond donors (Lipinski definition) is 2. The summed E-state index contributed by atoms with van der Waals surface area (Å²) in [6.07, 6.45) is 4.82. The third kappa shape index (κ3) is 5.85. The van der Waals surface area contributed by atoms with Gasteiger partial charge in [0, 0.05) is 19.0 Å². The van der Waals surface area contributed by atoms with Crippen molar-refractivity contribution < 1.29 is 0 Å². The molecule has 0 saturated heterocycles. The van der Waals surface area contributed by atoms with Gasteiger partial charge >= 0.3 is 0 Å². The molecule has 2 rings (SSSR count). The summed E-state index contributed by atoms with van der Waals surface area (Å²) in [5.41, 5.74) is 8.90. The van der Waals surface area contributed by atoms with Gasteiger partial charge in [-0.05, 0) is 42.7 Å². The summed E-state index contributed by atoms with van der Waals surface area (Å²) in [4.78, 5) is 4.53. The minimum Gasteiger partial charge on any atom is -0.370 e. The van der Waals surface area contributed by atoms with E-state index in [0.717, 1.165) is 19.5 Å². The number of nitrogens with zero attached hydrogens (tertiary/aromatic N) is 1. The average molecular weight is 401 g/mol. The number of rotatable bonds is 5. The molecule has 0 fully saturated rings. The molecule has 1 atom stereocenters. The Bertz CT molecular complexity index is 457. The van der Waals surface area contributed by atoms with Crippen molar-refractivity contribution in [1.29, 1.82) is 0 Å². The summed E-state index contributed by atoms with van der Waals surface area (Å²) in [7, 11) is 0. The molecule has 1 aromatic carbocycles.